The van der Waals surface area contributed by atoms with E-state index in [1.807, 2.05) is 41.5 Å². The van der Waals surface area contributed by atoms with Gasteiger partial charge in [-0.05, 0) is 114 Å². The highest BCUT2D eigenvalue weighted by Gasteiger charge is 2.37. The predicted molar refractivity (Wildman–Crippen MR) is 242 cm³/mol. The quantitative estimate of drug-likeness (QED) is 0.0367. The number of amides is 4. The van der Waals surface area contributed by atoms with Crippen LogP contribution in [0.3, 0.4) is 0 Å². The van der Waals surface area contributed by atoms with Gasteiger partial charge in [0.25, 0.3) is 0 Å². The van der Waals surface area contributed by atoms with Crippen LogP contribution in [0.25, 0.3) is 0 Å². The van der Waals surface area contributed by atoms with E-state index < -0.39 is 70.0 Å². The first-order chi connectivity index (χ1) is 29.0. The number of likely N-dealkylation sites (N-methyl/N-ethyl adjacent to an activating group) is 1. The molecule has 0 radical (unpaired) electrons. The predicted octanol–water partition coefficient (Wildman–Crippen LogP) is 4.62. The largest absolute Gasteiger partial charge is 0.755 e. The molecule has 0 spiro atoms. The topological polar surface area (TPSA) is 211 Å². The first-order valence-corrected chi connectivity index (χ1v) is 22.0. The van der Waals surface area contributed by atoms with Crippen LogP contribution in [0.15, 0.2) is 54.6 Å². The molecule has 6 N–H and O–H groups in total. The molecule has 0 aromatic heterocycles. The lowest BCUT2D eigenvalue weighted by Gasteiger charge is -2.32. The number of fused-ring (bicyclic) bond motifs is 1. The summed E-state index contributed by atoms with van der Waals surface area (Å²) in [4.78, 5) is 61.2. The van der Waals surface area contributed by atoms with Crippen molar-refractivity contribution in [3.05, 3.63) is 83.2 Å². The fourth-order valence-corrected chi connectivity index (χ4v) is 7.88. The summed E-state index contributed by atoms with van der Waals surface area (Å²) in [7, 11) is 1.54. The van der Waals surface area contributed by atoms with Crippen LogP contribution in [0.2, 0.25) is 0 Å². The molecule has 0 aliphatic carbocycles. The number of anilines is 1. The summed E-state index contributed by atoms with van der Waals surface area (Å²) in [5, 5.41) is 11.6. The third-order valence-corrected chi connectivity index (χ3v) is 11.6. The van der Waals surface area contributed by atoms with Crippen molar-refractivity contribution in [2.45, 2.75) is 124 Å². The number of benzene rings is 2. The molecule has 1 aliphatic heterocycles. The Balaban J connectivity index is 1.92. The second-order valence-electron chi connectivity index (χ2n) is 17.1. The Labute approximate surface area is 369 Å². The van der Waals surface area contributed by atoms with Gasteiger partial charge in [0.15, 0.2) is 0 Å². The molecular formula is C45H66FN8O7S-. The van der Waals surface area contributed by atoms with Crippen molar-refractivity contribution in [1.29, 1.82) is 0 Å². The molecule has 2 aromatic carbocycles. The number of nitrogens with one attached hydrogen (secondary N) is 4. The Hall–Kier alpha value is -5.13. The van der Waals surface area contributed by atoms with E-state index in [0.717, 1.165) is 21.2 Å². The van der Waals surface area contributed by atoms with Crippen molar-refractivity contribution in [3.63, 3.8) is 0 Å². The van der Waals surface area contributed by atoms with Gasteiger partial charge in [0.2, 0.25) is 29.6 Å². The third-order valence-electron chi connectivity index (χ3n) is 10.9. The normalized spacial score (nSPS) is 16.1. The third kappa shape index (κ3) is 13.0. The molecule has 0 saturated carbocycles. The number of rotatable bonds is 22. The number of guanidine groups is 1. The zero-order valence-electron chi connectivity index (χ0n) is 37.9. The van der Waals surface area contributed by atoms with Gasteiger partial charge in [-0.25, -0.2) is 8.70 Å². The van der Waals surface area contributed by atoms with Crippen molar-refractivity contribution in [2.75, 3.05) is 31.0 Å². The summed E-state index contributed by atoms with van der Waals surface area (Å²) in [5.41, 5.74) is 8.56. The second kappa shape index (κ2) is 22.3. The maximum absolute atomic E-state index is 14.1. The van der Waals surface area contributed by atoms with Gasteiger partial charge in [-0.1, -0.05) is 45.1 Å². The highest BCUT2D eigenvalue weighted by atomic mass is 32.2. The summed E-state index contributed by atoms with van der Waals surface area (Å²) in [6.07, 6.45) is 4.25. The molecule has 62 heavy (non-hydrogen) atoms. The van der Waals surface area contributed by atoms with Gasteiger partial charge in [-0.15, -0.1) is 13.2 Å². The zero-order chi connectivity index (χ0) is 46.7. The minimum Gasteiger partial charge on any atom is -0.755 e. The van der Waals surface area contributed by atoms with Gasteiger partial charge in [0.1, 0.15) is 35.3 Å². The molecule has 2 aromatic rings. The molecule has 4 amide bonds. The standard InChI is InChI=1S/C45H67FN8O7S/c1-13-22-45(11,49-26-27(4)5)42(58)51-35(40(56)50-34(15-3)39(55)52-36(41(57)53(12)24-14-2)31-18-20-32(46)21-19-31)17-16-23-48-43(47)54(62(59)60)37-28(6)29(7)38-33(30(37)8)25-44(9,10)61-38/h13-14,18-21,27,34-36,49H,1-2,15-17,22-26H2,3-12H3,(H2,47,48)(H,50,56)(H,51,58)(H,52,55)(H,59,60)/p-1/t34-,35-,36+,45+/m0/s1. The Kier molecular flexibility index (Phi) is 18.4. The molecule has 0 saturated heterocycles. The van der Waals surface area contributed by atoms with Crippen LogP contribution in [-0.2, 0) is 36.9 Å². The molecule has 17 heteroatoms. The lowest BCUT2D eigenvalue weighted by Crippen LogP contribution is -2.60. The number of hydrogen-bond donors (Lipinski definition) is 5. The SMILES string of the molecule is C=CCN(C)C(=O)[C@H](NC(=O)[C@H](CC)NC(=O)[C@H](CCCN=C(N)N(c1c(C)c(C)c2c(c1C)CC(C)(C)O2)S(=O)[O-])NC(=O)[C@@](C)(CC=C)NCC(C)C)c1ccc(F)cc1. The van der Waals surface area contributed by atoms with Crippen LogP contribution < -0.4 is 36.0 Å². The van der Waals surface area contributed by atoms with Gasteiger partial charge in [-0.2, -0.15) is 0 Å². The van der Waals surface area contributed by atoms with E-state index in [9.17, 15) is 32.3 Å². The van der Waals surface area contributed by atoms with Gasteiger partial charge >= 0.3 is 0 Å². The zero-order valence-corrected chi connectivity index (χ0v) is 38.7. The highest BCUT2D eigenvalue weighted by Crippen LogP contribution is 2.45. The molecule has 0 fully saturated rings. The number of nitrogens with two attached hydrogens (primary N) is 1. The molecule has 342 valence electrons. The van der Waals surface area contributed by atoms with Crippen molar-refractivity contribution in [3.8, 4) is 5.75 Å². The minimum atomic E-state index is -2.85. The summed E-state index contributed by atoms with van der Waals surface area (Å²) in [5.74, 6) is -2.19. The van der Waals surface area contributed by atoms with Crippen LogP contribution in [0.4, 0.5) is 10.1 Å². The summed E-state index contributed by atoms with van der Waals surface area (Å²) >= 11 is -2.85. The number of nitrogens with zero attached hydrogens (tertiary/aromatic N) is 3. The van der Waals surface area contributed by atoms with Crippen LogP contribution in [0, 0.1) is 32.5 Å². The second-order valence-corrected chi connectivity index (χ2v) is 17.9. The van der Waals surface area contributed by atoms with E-state index in [0.29, 0.717) is 35.3 Å². The average Bonchev–Trinajstić information content (AvgIpc) is 3.55. The van der Waals surface area contributed by atoms with E-state index in [2.05, 4.69) is 39.4 Å². The number of ether oxygens (including phenoxy) is 1. The molecule has 1 heterocycles. The van der Waals surface area contributed by atoms with Crippen molar-refractivity contribution < 1.29 is 37.1 Å². The molecule has 1 unspecified atom stereocenters. The van der Waals surface area contributed by atoms with E-state index in [4.69, 9.17) is 10.5 Å². The first kappa shape index (κ1) is 51.2. The summed E-state index contributed by atoms with van der Waals surface area (Å²) in [6.45, 7) is 24.9. The van der Waals surface area contributed by atoms with E-state index in [1.165, 1.54) is 42.3 Å². The van der Waals surface area contributed by atoms with Crippen molar-refractivity contribution in [2.24, 2.45) is 16.6 Å². The number of carbonyl (C=O) groups is 4. The van der Waals surface area contributed by atoms with Crippen molar-refractivity contribution >= 4 is 46.5 Å². The molecule has 1 aliphatic rings. The van der Waals surface area contributed by atoms with Crippen molar-refractivity contribution in [1.82, 2.24) is 26.2 Å². The molecule has 0 bridgehead atoms. The number of hydrogen-bond acceptors (Lipinski definition) is 9. The molecule has 15 nitrogen and oxygen atoms in total. The van der Waals surface area contributed by atoms with E-state index in [1.54, 1.807) is 26.8 Å². The first-order valence-electron chi connectivity index (χ1n) is 20.9. The maximum Gasteiger partial charge on any atom is 0.249 e. The maximum atomic E-state index is 14.1. The van der Waals surface area contributed by atoms with Gasteiger partial charge < -0.3 is 41.2 Å². The Bertz CT molecular complexity index is 2020. The van der Waals surface area contributed by atoms with Gasteiger partial charge in [0.05, 0.1) is 22.5 Å². The number of carbonyl (C=O) groups excluding carboxylic acids is 4. The molecular weight excluding hydrogens is 816 g/mol. The minimum absolute atomic E-state index is 0.0205. The Morgan fingerprint density at radius 3 is 2.23 bits per heavy atom. The monoisotopic (exact) mass is 881 g/mol. The molecule has 3 rings (SSSR count). The smallest absolute Gasteiger partial charge is 0.249 e. The van der Waals surface area contributed by atoms with Crippen LogP contribution >= 0.6 is 0 Å². The average molecular weight is 882 g/mol. The Morgan fingerprint density at radius 2 is 1.66 bits per heavy atom. The van der Waals surface area contributed by atoms with Crippen LogP contribution in [0.5, 0.6) is 5.75 Å². The lowest BCUT2D eigenvalue weighted by molar-refractivity contribution is -0.137. The highest BCUT2D eigenvalue weighted by molar-refractivity contribution is 7.81. The van der Waals surface area contributed by atoms with Gasteiger partial charge in [0, 0.05) is 32.1 Å². The van der Waals surface area contributed by atoms with Crippen LogP contribution in [0.1, 0.15) is 101 Å². The molecule has 5 atom stereocenters. The van der Waals surface area contributed by atoms with Gasteiger partial charge in [-0.3, -0.25) is 28.4 Å². The van der Waals surface area contributed by atoms with E-state index >= 15 is 0 Å². The fourth-order valence-electron chi connectivity index (χ4n) is 7.25. The summed E-state index contributed by atoms with van der Waals surface area (Å²) in [6, 6.07) is 1.61. The number of halogens is 1. The fraction of sp³-hybridized carbons (Fsp3) is 0.533. The van der Waals surface area contributed by atoms with Crippen LogP contribution in [-0.4, -0.2) is 93.2 Å². The number of aliphatic imine (C=N–C) groups is 1. The summed E-state index contributed by atoms with van der Waals surface area (Å²) < 4.78 is 46.6. The Morgan fingerprint density at radius 1 is 1.03 bits per heavy atom. The lowest BCUT2D eigenvalue weighted by atomic mass is 9.92. The van der Waals surface area contributed by atoms with E-state index in [-0.39, 0.29) is 50.7 Å².